The topological polar surface area (TPSA) is 42.4 Å². The van der Waals surface area contributed by atoms with Crippen LogP contribution in [0.4, 0.5) is 0 Å². The van der Waals surface area contributed by atoms with E-state index in [4.69, 9.17) is 16.3 Å². The van der Waals surface area contributed by atoms with Gasteiger partial charge in [-0.1, -0.05) is 11.6 Å². The van der Waals surface area contributed by atoms with E-state index in [-0.39, 0.29) is 12.0 Å². The van der Waals surface area contributed by atoms with Gasteiger partial charge >= 0.3 is 0 Å². The molecule has 104 valence electrons. The van der Waals surface area contributed by atoms with Gasteiger partial charge in [0.1, 0.15) is 16.9 Å². The average molecular weight is 309 g/mol. The van der Waals surface area contributed by atoms with E-state index in [1.165, 1.54) is 11.3 Å². The lowest BCUT2D eigenvalue weighted by Crippen LogP contribution is -2.30. The number of thiophene rings is 1. The van der Waals surface area contributed by atoms with Crippen molar-refractivity contribution in [2.24, 2.45) is 0 Å². The van der Waals surface area contributed by atoms with E-state index in [9.17, 15) is 4.79 Å². The fraction of sp³-hybridized carbons (Fsp3) is 0.286. The Morgan fingerprint density at radius 3 is 3.15 bits per heavy atom. The Kier molecular flexibility index (Phi) is 3.89. The molecule has 1 saturated heterocycles. The Morgan fingerprint density at radius 2 is 2.40 bits per heavy atom. The third kappa shape index (κ3) is 2.78. The number of hydrogen-bond acceptors (Lipinski definition) is 4. The maximum absolute atomic E-state index is 12.2. The average Bonchev–Trinajstić information content (AvgIpc) is 3.12. The molecule has 0 spiro atoms. The van der Waals surface area contributed by atoms with Gasteiger partial charge in [-0.05, 0) is 11.4 Å². The van der Waals surface area contributed by atoms with Crippen molar-refractivity contribution in [2.45, 2.75) is 12.5 Å². The van der Waals surface area contributed by atoms with Gasteiger partial charge < -0.3 is 9.64 Å². The summed E-state index contributed by atoms with van der Waals surface area (Å²) >= 11 is 7.55. The summed E-state index contributed by atoms with van der Waals surface area (Å²) in [6, 6.07) is 3.59. The summed E-state index contributed by atoms with van der Waals surface area (Å²) < 4.78 is 5.84. The monoisotopic (exact) mass is 308 g/mol. The zero-order valence-electron chi connectivity index (χ0n) is 10.7. The van der Waals surface area contributed by atoms with Crippen molar-refractivity contribution in [3.05, 3.63) is 45.9 Å². The number of rotatable bonds is 3. The molecule has 1 unspecified atom stereocenters. The van der Waals surface area contributed by atoms with Crippen LogP contribution in [0.2, 0.25) is 5.02 Å². The number of carbonyl (C=O) groups is 1. The minimum atomic E-state index is -0.0162. The molecular formula is C14H13ClN2O2S. The highest BCUT2D eigenvalue weighted by molar-refractivity contribution is 7.08. The van der Waals surface area contributed by atoms with Gasteiger partial charge in [0.05, 0.1) is 12.1 Å². The molecule has 3 rings (SSSR count). The summed E-state index contributed by atoms with van der Waals surface area (Å²) in [5.74, 6) is 0.690. The number of aromatic nitrogens is 1. The first-order chi connectivity index (χ1) is 9.74. The first-order valence-electron chi connectivity index (χ1n) is 6.31. The second-order valence-electron chi connectivity index (χ2n) is 4.60. The number of ether oxygens (including phenoxy) is 1. The quantitative estimate of drug-likeness (QED) is 0.875. The van der Waals surface area contributed by atoms with Crippen LogP contribution >= 0.6 is 22.9 Å². The summed E-state index contributed by atoms with van der Waals surface area (Å²) in [6.07, 6.45) is 4.00. The summed E-state index contributed by atoms with van der Waals surface area (Å²) in [7, 11) is 0. The van der Waals surface area contributed by atoms with Crippen LogP contribution in [0.1, 0.15) is 16.8 Å². The zero-order valence-corrected chi connectivity index (χ0v) is 12.2. The maximum Gasteiger partial charge on any atom is 0.254 e. The minimum absolute atomic E-state index is 0.0162. The van der Waals surface area contributed by atoms with Crippen LogP contribution in [0.15, 0.2) is 35.3 Å². The number of nitrogens with zero attached hydrogens (tertiary/aromatic N) is 2. The normalized spacial score (nSPS) is 18.2. The van der Waals surface area contributed by atoms with Crippen LogP contribution in [0.5, 0.6) is 5.75 Å². The Balaban J connectivity index is 1.63. The number of pyridine rings is 1. The lowest BCUT2D eigenvalue weighted by molar-refractivity contribution is 0.0773. The van der Waals surface area contributed by atoms with Crippen LogP contribution in [-0.2, 0) is 0 Å². The third-order valence-electron chi connectivity index (χ3n) is 3.23. The largest absolute Gasteiger partial charge is 0.487 e. The molecule has 4 nitrogen and oxygen atoms in total. The number of halogens is 1. The van der Waals surface area contributed by atoms with E-state index < -0.39 is 0 Å². The van der Waals surface area contributed by atoms with Crippen LogP contribution in [-0.4, -0.2) is 35.0 Å². The third-order valence-corrected chi connectivity index (χ3v) is 4.20. The van der Waals surface area contributed by atoms with Gasteiger partial charge in [-0.25, -0.2) is 0 Å². The van der Waals surface area contributed by atoms with Crippen LogP contribution in [0.3, 0.4) is 0 Å². The zero-order chi connectivity index (χ0) is 13.9. The first-order valence-corrected chi connectivity index (χ1v) is 7.64. The smallest absolute Gasteiger partial charge is 0.254 e. The van der Waals surface area contributed by atoms with Crippen LogP contribution in [0.25, 0.3) is 0 Å². The van der Waals surface area contributed by atoms with E-state index in [0.717, 1.165) is 12.0 Å². The molecule has 0 N–H and O–H groups in total. The van der Waals surface area contributed by atoms with Gasteiger partial charge in [0.15, 0.2) is 0 Å². The van der Waals surface area contributed by atoms with Gasteiger partial charge in [-0.3, -0.25) is 9.78 Å². The second-order valence-corrected chi connectivity index (χ2v) is 5.79. The summed E-state index contributed by atoms with van der Waals surface area (Å²) in [5.41, 5.74) is 0.748. The molecule has 0 aromatic carbocycles. The van der Waals surface area contributed by atoms with Gasteiger partial charge in [-0.15, -0.1) is 0 Å². The van der Waals surface area contributed by atoms with Crippen LogP contribution in [0, 0.1) is 0 Å². The molecule has 1 aliphatic rings. The first kappa shape index (κ1) is 13.4. The number of likely N-dealkylation sites (tertiary alicyclic amines) is 1. The van der Waals surface area contributed by atoms with Crippen molar-refractivity contribution in [3.8, 4) is 5.75 Å². The van der Waals surface area contributed by atoms with Crippen molar-refractivity contribution in [2.75, 3.05) is 13.1 Å². The molecule has 6 heteroatoms. The van der Waals surface area contributed by atoms with Crippen molar-refractivity contribution in [1.29, 1.82) is 0 Å². The molecule has 3 heterocycles. The highest BCUT2D eigenvalue weighted by atomic mass is 35.5. The molecule has 0 radical (unpaired) electrons. The minimum Gasteiger partial charge on any atom is -0.487 e. The highest BCUT2D eigenvalue weighted by Crippen LogP contribution is 2.26. The summed E-state index contributed by atoms with van der Waals surface area (Å²) in [5, 5.41) is 4.28. The van der Waals surface area contributed by atoms with E-state index in [1.807, 2.05) is 21.7 Å². The highest BCUT2D eigenvalue weighted by Gasteiger charge is 2.28. The SMILES string of the molecule is O=C(c1ccsc1)N1CCC(Oc2ccncc2Cl)C1. The van der Waals surface area contributed by atoms with Crippen molar-refractivity contribution in [3.63, 3.8) is 0 Å². The van der Waals surface area contributed by atoms with Crippen molar-refractivity contribution in [1.82, 2.24) is 9.88 Å². The lowest BCUT2D eigenvalue weighted by Gasteiger charge is -2.17. The fourth-order valence-electron chi connectivity index (χ4n) is 2.22. The molecule has 0 saturated carbocycles. The molecule has 20 heavy (non-hydrogen) atoms. The fourth-order valence-corrected chi connectivity index (χ4v) is 3.01. The Morgan fingerprint density at radius 1 is 1.50 bits per heavy atom. The maximum atomic E-state index is 12.2. The molecule has 1 amide bonds. The van der Waals surface area contributed by atoms with Gasteiger partial charge in [0, 0.05) is 36.8 Å². The van der Waals surface area contributed by atoms with Gasteiger partial charge in [-0.2, -0.15) is 11.3 Å². The standard InChI is InChI=1S/C14H13ClN2O2S/c15-12-7-16-4-1-13(12)19-11-2-5-17(8-11)14(18)10-3-6-20-9-10/h1,3-4,6-7,9,11H,2,5,8H2. The number of amides is 1. The molecule has 0 aliphatic carbocycles. The Hall–Kier alpha value is -1.59. The summed E-state index contributed by atoms with van der Waals surface area (Å²) in [6.45, 7) is 1.30. The van der Waals surface area contributed by atoms with E-state index in [1.54, 1.807) is 18.5 Å². The molecule has 1 aliphatic heterocycles. The number of hydrogen-bond donors (Lipinski definition) is 0. The van der Waals surface area contributed by atoms with Gasteiger partial charge in [0.2, 0.25) is 0 Å². The van der Waals surface area contributed by atoms with Crippen molar-refractivity contribution >= 4 is 28.8 Å². The summed E-state index contributed by atoms with van der Waals surface area (Å²) in [4.78, 5) is 18.0. The number of carbonyl (C=O) groups excluding carboxylic acids is 1. The molecule has 2 aromatic heterocycles. The van der Waals surface area contributed by atoms with Gasteiger partial charge in [0.25, 0.3) is 5.91 Å². The Bertz CT molecular complexity index is 603. The second kappa shape index (κ2) is 5.81. The molecule has 0 bridgehead atoms. The van der Waals surface area contributed by atoms with E-state index in [0.29, 0.717) is 23.9 Å². The van der Waals surface area contributed by atoms with E-state index in [2.05, 4.69) is 4.98 Å². The molecule has 1 fully saturated rings. The molecule has 2 aromatic rings. The predicted molar refractivity (Wildman–Crippen MR) is 78.5 cm³/mol. The van der Waals surface area contributed by atoms with Crippen LogP contribution < -0.4 is 4.74 Å². The molecular weight excluding hydrogens is 296 g/mol. The lowest BCUT2D eigenvalue weighted by atomic mass is 10.3. The predicted octanol–water partition coefficient (Wildman–Crippen LogP) is 3.09. The Labute approximate surface area is 126 Å². The molecule has 1 atom stereocenters. The van der Waals surface area contributed by atoms with E-state index >= 15 is 0 Å². The van der Waals surface area contributed by atoms with Crippen molar-refractivity contribution < 1.29 is 9.53 Å².